The Hall–Kier alpha value is -2.33. The Morgan fingerprint density at radius 1 is 1.19 bits per heavy atom. The van der Waals surface area contributed by atoms with Gasteiger partial charge < -0.3 is 15.7 Å². The number of hydrogen-bond donors (Lipinski definition) is 2. The van der Waals surface area contributed by atoms with Crippen molar-refractivity contribution < 1.29 is 9.90 Å². The van der Waals surface area contributed by atoms with Crippen molar-refractivity contribution in [3.63, 3.8) is 0 Å². The van der Waals surface area contributed by atoms with Crippen molar-refractivity contribution in [1.82, 2.24) is 0 Å². The van der Waals surface area contributed by atoms with E-state index in [1.165, 1.54) is 0 Å². The molecule has 0 heterocycles. The van der Waals surface area contributed by atoms with Crippen LogP contribution in [0.5, 0.6) is 5.75 Å². The first-order valence-corrected chi connectivity index (χ1v) is 6.85. The molecule has 0 saturated heterocycles. The summed E-state index contributed by atoms with van der Waals surface area (Å²) >= 11 is 0. The first-order chi connectivity index (χ1) is 9.99. The number of phenols is 1. The molecule has 4 heteroatoms. The van der Waals surface area contributed by atoms with E-state index in [1.54, 1.807) is 36.2 Å². The Bertz CT molecular complexity index is 623. The van der Waals surface area contributed by atoms with Crippen LogP contribution in [0.3, 0.4) is 0 Å². The average molecular weight is 284 g/mol. The largest absolute Gasteiger partial charge is 0.508 e. The van der Waals surface area contributed by atoms with E-state index in [0.717, 1.165) is 16.8 Å². The Morgan fingerprint density at radius 2 is 1.81 bits per heavy atom. The highest BCUT2D eigenvalue weighted by atomic mass is 16.3. The summed E-state index contributed by atoms with van der Waals surface area (Å²) in [5.41, 5.74) is 8.84. The fourth-order valence-electron chi connectivity index (χ4n) is 2.28. The number of aryl methyl sites for hydroxylation is 1. The highest BCUT2D eigenvalue weighted by Gasteiger charge is 2.20. The quantitative estimate of drug-likeness (QED) is 0.904. The summed E-state index contributed by atoms with van der Waals surface area (Å²) in [5, 5.41) is 9.26. The van der Waals surface area contributed by atoms with Gasteiger partial charge in [-0.2, -0.15) is 0 Å². The number of para-hydroxylation sites is 1. The first kappa shape index (κ1) is 15.1. The maximum Gasteiger partial charge on any atom is 0.243 e. The van der Waals surface area contributed by atoms with Crippen LogP contribution in [0, 0.1) is 6.92 Å². The van der Waals surface area contributed by atoms with Crippen molar-refractivity contribution >= 4 is 11.6 Å². The molecule has 1 amide bonds. The molecule has 1 atom stereocenters. The van der Waals surface area contributed by atoms with Gasteiger partial charge in [0.25, 0.3) is 0 Å². The number of rotatable bonds is 4. The van der Waals surface area contributed by atoms with Crippen molar-refractivity contribution in [3.05, 3.63) is 59.7 Å². The predicted octanol–water partition coefficient (Wildman–Crippen LogP) is 2.23. The lowest BCUT2D eigenvalue weighted by Gasteiger charge is -2.23. The molecule has 0 spiro atoms. The van der Waals surface area contributed by atoms with Gasteiger partial charge in [-0.05, 0) is 42.7 Å². The number of carbonyl (C=O) groups is 1. The van der Waals surface area contributed by atoms with E-state index in [-0.39, 0.29) is 11.7 Å². The molecule has 0 bridgehead atoms. The molecule has 1 unspecified atom stereocenters. The van der Waals surface area contributed by atoms with Crippen LogP contribution < -0.4 is 10.6 Å². The Kier molecular flexibility index (Phi) is 4.60. The second kappa shape index (κ2) is 6.41. The lowest BCUT2D eigenvalue weighted by Crippen LogP contribution is -2.43. The average Bonchev–Trinajstić information content (AvgIpc) is 2.48. The van der Waals surface area contributed by atoms with Crippen LogP contribution in [-0.2, 0) is 11.2 Å². The van der Waals surface area contributed by atoms with Crippen LogP contribution in [0.15, 0.2) is 48.5 Å². The second-order valence-electron chi connectivity index (χ2n) is 5.16. The molecule has 21 heavy (non-hydrogen) atoms. The molecule has 0 aliphatic rings. The van der Waals surface area contributed by atoms with Crippen molar-refractivity contribution in [2.24, 2.45) is 5.73 Å². The SMILES string of the molecule is Cc1ccccc1N(C)C(=O)C(N)Cc1ccc(O)cc1. The van der Waals surface area contributed by atoms with Gasteiger partial charge in [-0.3, -0.25) is 4.79 Å². The zero-order chi connectivity index (χ0) is 15.4. The number of phenolic OH excluding ortho intramolecular Hbond substituents is 1. The smallest absolute Gasteiger partial charge is 0.243 e. The third kappa shape index (κ3) is 3.61. The summed E-state index contributed by atoms with van der Waals surface area (Å²) in [6, 6.07) is 13.8. The normalized spacial score (nSPS) is 12.0. The number of benzene rings is 2. The van der Waals surface area contributed by atoms with E-state index in [2.05, 4.69) is 0 Å². The Balaban J connectivity index is 2.08. The van der Waals surface area contributed by atoms with Crippen LogP contribution in [0.2, 0.25) is 0 Å². The van der Waals surface area contributed by atoms with Crippen molar-refractivity contribution in [3.8, 4) is 5.75 Å². The number of amides is 1. The van der Waals surface area contributed by atoms with Crippen molar-refractivity contribution in [2.45, 2.75) is 19.4 Å². The van der Waals surface area contributed by atoms with Crippen LogP contribution >= 0.6 is 0 Å². The van der Waals surface area contributed by atoms with Gasteiger partial charge in [-0.15, -0.1) is 0 Å². The van der Waals surface area contributed by atoms with E-state index in [4.69, 9.17) is 5.73 Å². The molecule has 0 aromatic heterocycles. The van der Waals surface area contributed by atoms with Gasteiger partial charge in [0, 0.05) is 12.7 Å². The van der Waals surface area contributed by atoms with Gasteiger partial charge in [0.05, 0.1) is 6.04 Å². The summed E-state index contributed by atoms with van der Waals surface area (Å²) in [6.07, 6.45) is 0.440. The van der Waals surface area contributed by atoms with E-state index in [9.17, 15) is 9.90 Å². The minimum atomic E-state index is -0.612. The molecule has 110 valence electrons. The zero-order valence-corrected chi connectivity index (χ0v) is 12.3. The Morgan fingerprint density at radius 3 is 2.43 bits per heavy atom. The minimum Gasteiger partial charge on any atom is -0.508 e. The van der Waals surface area contributed by atoms with Crippen LogP contribution in [-0.4, -0.2) is 24.1 Å². The molecule has 0 aliphatic carbocycles. The molecule has 2 aromatic rings. The number of nitrogens with zero attached hydrogens (tertiary/aromatic N) is 1. The van der Waals surface area contributed by atoms with E-state index in [1.807, 2.05) is 31.2 Å². The van der Waals surface area contributed by atoms with E-state index in [0.29, 0.717) is 6.42 Å². The summed E-state index contributed by atoms with van der Waals surface area (Å²) in [6.45, 7) is 1.96. The Labute approximate surface area is 124 Å². The van der Waals surface area contributed by atoms with Crippen LogP contribution in [0.4, 0.5) is 5.69 Å². The van der Waals surface area contributed by atoms with Gasteiger partial charge in [-0.1, -0.05) is 30.3 Å². The summed E-state index contributed by atoms with van der Waals surface area (Å²) < 4.78 is 0. The van der Waals surface area contributed by atoms with Gasteiger partial charge in [0.1, 0.15) is 5.75 Å². The van der Waals surface area contributed by atoms with Crippen molar-refractivity contribution in [1.29, 1.82) is 0 Å². The first-order valence-electron chi connectivity index (χ1n) is 6.85. The second-order valence-corrected chi connectivity index (χ2v) is 5.16. The topological polar surface area (TPSA) is 66.6 Å². The lowest BCUT2D eigenvalue weighted by molar-refractivity contribution is -0.119. The van der Waals surface area contributed by atoms with Crippen LogP contribution in [0.25, 0.3) is 0 Å². The number of carbonyl (C=O) groups excluding carboxylic acids is 1. The number of nitrogens with two attached hydrogens (primary N) is 1. The molecular formula is C17H20N2O2. The molecule has 2 rings (SSSR count). The third-order valence-electron chi connectivity index (χ3n) is 3.52. The van der Waals surface area contributed by atoms with E-state index >= 15 is 0 Å². The van der Waals surface area contributed by atoms with Crippen LogP contribution in [0.1, 0.15) is 11.1 Å². The molecule has 0 radical (unpaired) electrons. The molecule has 0 aliphatic heterocycles. The fourth-order valence-corrected chi connectivity index (χ4v) is 2.28. The maximum atomic E-state index is 12.4. The monoisotopic (exact) mass is 284 g/mol. The lowest BCUT2D eigenvalue weighted by atomic mass is 10.0. The molecular weight excluding hydrogens is 264 g/mol. The van der Waals surface area contributed by atoms with Gasteiger partial charge in [-0.25, -0.2) is 0 Å². The summed E-state index contributed by atoms with van der Waals surface area (Å²) in [5.74, 6) is 0.0769. The maximum absolute atomic E-state index is 12.4. The zero-order valence-electron chi connectivity index (χ0n) is 12.3. The molecule has 0 fully saturated rings. The summed E-state index contributed by atoms with van der Waals surface area (Å²) in [4.78, 5) is 14.0. The fraction of sp³-hybridized carbons (Fsp3) is 0.235. The van der Waals surface area contributed by atoms with Gasteiger partial charge >= 0.3 is 0 Å². The summed E-state index contributed by atoms with van der Waals surface area (Å²) in [7, 11) is 1.74. The third-order valence-corrected chi connectivity index (χ3v) is 3.52. The highest BCUT2D eigenvalue weighted by molar-refractivity contribution is 5.97. The number of likely N-dealkylation sites (N-methyl/N-ethyl adjacent to an activating group) is 1. The number of aromatic hydroxyl groups is 1. The van der Waals surface area contributed by atoms with E-state index < -0.39 is 6.04 Å². The minimum absolute atomic E-state index is 0.127. The molecule has 3 N–H and O–H groups in total. The highest BCUT2D eigenvalue weighted by Crippen LogP contribution is 2.19. The van der Waals surface area contributed by atoms with Gasteiger partial charge in [0.2, 0.25) is 5.91 Å². The standard InChI is InChI=1S/C17H20N2O2/c1-12-5-3-4-6-16(12)19(2)17(21)15(18)11-13-7-9-14(20)10-8-13/h3-10,15,20H,11,18H2,1-2H3. The molecule has 0 saturated carbocycles. The number of anilines is 1. The molecule has 2 aromatic carbocycles. The molecule has 4 nitrogen and oxygen atoms in total. The number of hydrogen-bond acceptors (Lipinski definition) is 3. The van der Waals surface area contributed by atoms with Crippen molar-refractivity contribution in [2.75, 3.05) is 11.9 Å². The van der Waals surface area contributed by atoms with Gasteiger partial charge in [0.15, 0.2) is 0 Å². The predicted molar refractivity (Wildman–Crippen MR) is 84.4 cm³/mol.